The van der Waals surface area contributed by atoms with Gasteiger partial charge in [0.25, 0.3) is 0 Å². The first-order chi connectivity index (χ1) is 10.1. The van der Waals surface area contributed by atoms with E-state index in [2.05, 4.69) is 0 Å². The van der Waals surface area contributed by atoms with Gasteiger partial charge in [-0.3, -0.25) is 4.79 Å². The molecule has 1 atom stereocenters. The van der Waals surface area contributed by atoms with Gasteiger partial charge in [-0.25, -0.2) is 0 Å². The Labute approximate surface area is 125 Å². The molecule has 2 aromatic rings. The van der Waals surface area contributed by atoms with E-state index in [0.29, 0.717) is 12.0 Å². The maximum Gasteiger partial charge on any atom is 0.161 e. The van der Waals surface area contributed by atoms with Crippen LogP contribution in [0.3, 0.4) is 0 Å². The Hall–Kier alpha value is -2.19. The molecule has 0 aromatic heterocycles. The van der Waals surface area contributed by atoms with Crippen molar-refractivity contribution in [1.29, 1.82) is 0 Å². The van der Waals surface area contributed by atoms with Gasteiger partial charge >= 0.3 is 0 Å². The monoisotopic (exact) mass is 280 g/mol. The fourth-order valence-electron chi connectivity index (χ4n) is 2.40. The van der Waals surface area contributed by atoms with E-state index in [4.69, 9.17) is 0 Å². The fraction of sp³-hybridized carbons (Fsp3) is 0.211. The molecule has 108 valence electrons. The number of aliphatic hydroxyl groups is 1. The Kier molecular flexibility index (Phi) is 5.07. The van der Waals surface area contributed by atoms with Gasteiger partial charge in [0.1, 0.15) is 6.10 Å². The highest BCUT2D eigenvalue weighted by molar-refractivity contribution is 6.03. The first-order valence-corrected chi connectivity index (χ1v) is 7.17. The van der Waals surface area contributed by atoms with Gasteiger partial charge in [-0.1, -0.05) is 67.6 Å². The highest BCUT2D eigenvalue weighted by Gasteiger charge is 2.22. The van der Waals surface area contributed by atoms with E-state index in [1.165, 1.54) is 0 Å². The lowest BCUT2D eigenvalue weighted by molar-refractivity contribution is -0.116. The molecule has 0 saturated carbocycles. The average Bonchev–Trinajstić information content (AvgIpc) is 2.56. The number of hydrogen-bond acceptors (Lipinski definition) is 2. The van der Waals surface area contributed by atoms with Crippen LogP contribution in [0.25, 0.3) is 5.57 Å². The summed E-state index contributed by atoms with van der Waals surface area (Å²) < 4.78 is 0. The lowest BCUT2D eigenvalue weighted by Gasteiger charge is -2.18. The Morgan fingerprint density at radius 3 is 2.05 bits per heavy atom. The molecule has 0 saturated heterocycles. The minimum atomic E-state index is -0.890. The Bertz CT molecular complexity index is 627. The molecule has 0 aliphatic heterocycles. The van der Waals surface area contributed by atoms with Gasteiger partial charge in [-0.15, -0.1) is 0 Å². The van der Waals surface area contributed by atoms with E-state index in [9.17, 15) is 9.90 Å². The number of ketones is 1. The van der Waals surface area contributed by atoms with Crippen molar-refractivity contribution >= 4 is 11.4 Å². The predicted molar refractivity (Wildman–Crippen MR) is 85.7 cm³/mol. The van der Waals surface area contributed by atoms with Crippen molar-refractivity contribution in [3.05, 3.63) is 77.4 Å². The third kappa shape index (κ3) is 3.47. The third-order valence-corrected chi connectivity index (χ3v) is 3.62. The van der Waals surface area contributed by atoms with Crippen molar-refractivity contribution in [3.8, 4) is 0 Å². The molecule has 0 fully saturated rings. The largest absolute Gasteiger partial charge is 0.384 e. The van der Waals surface area contributed by atoms with Crippen LogP contribution in [0.1, 0.15) is 37.5 Å². The summed E-state index contributed by atoms with van der Waals surface area (Å²) in [5.74, 6) is -0.0206. The molecule has 0 radical (unpaired) electrons. The highest BCUT2D eigenvalue weighted by Crippen LogP contribution is 2.30. The Balaban J connectivity index is 2.51. The molecule has 0 aliphatic rings. The van der Waals surface area contributed by atoms with Gasteiger partial charge in [0.05, 0.1) is 0 Å². The molecule has 0 heterocycles. The van der Waals surface area contributed by atoms with Crippen molar-refractivity contribution in [2.75, 3.05) is 0 Å². The van der Waals surface area contributed by atoms with E-state index in [1.807, 2.05) is 74.5 Å². The van der Waals surface area contributed by atoms with Gasteiger partial charge in [-0.2, -0.15) is 0 Å². The molecule has 0 aliphatic carbocycles. The minimum absolute atomic E-state index is 0.0206. The molecule has 0 amide bonds. The second kappa shape index (κ2) is 7.00. The quantitative estimate of drug-likeness (QED) is 0.834. The summed E-state index contributed by atoms with van der Waals surface area (Å²) in [7, 11) is 0. The number of carbonyl (C=O) groups is 1. The summed E-state index contributed by atoms with van der Waals surface area (Å²) >= 11 is 0. The molecular weight excluding hydrogens is 260 g/mol. The van der Waals surface area contributed by atoms with Crippen LogP contribution in [0.4, 0.5) is 0 Å². The van der Waals surface area contributed by atoms with Gasteiger partial charge < -0.3 is 5.11 Å². The summed E-state index contributed by atoms with van der Waals surface area (Å²) in [5.41, 5.74) is 3.02. The lowest BCUT2D eigenvalue weighted by atomic mass is 9.90. The van der Waals surface area contributed by atoms with Gasteiger partial charge in [0.15, 0.2) is 5.78 Å². The van der Waals surface area contributed by atoms with E-state index >= 15 is 0 Å². The second-order valence-electron chi connectivity index (χ2n) is 4.99. The van der Waals surface area contributed by atoms with Crippen LogP contribution >= 0.6 is 0 Å². The maximum absolute atomic E-state index is 12.3. The number of hydrogen-bond donors (Lipinski definition) is 1. The van der Waals surface area contributed by atoms with E-state index < -0.39 is 6.10 Å². The fourth-order valence-corrected chi connectivity index (χ4v) is 2.40. The number of rotatable bonds is 5. The van der Waals surface area contributed by atoms with Crippen molar-refractivity contribution in [2.24, 2.45) is 0 Å². The first kappa shape index (κ1) is 15.2. The van der Waals surface area contributed by atoms with Crippen LogP contribution in [0, 0.1) is 0 Å². The molecule has 2 nitrogen and oxygen atoms in total. The van der Waals surface area contributed by atoms with E-state index in [0.717, 1.165) is 16.7 Å². The number of aliphatic hydroxyl groups excluding tert-OH is 1. The third-order valence-electron chi connectivity index (χ3n) is 3.62. The zero-order valence-corrected chi connectivity index (χ0v) is 12.4. The lowest BCUT2D eigenvalue weighted by Crippen LogP contribution is -2.12. The predicted octanol–water partition coefficient (Wildman–Crippen LogP) is 4.17. The van der Waals surface area contributed by atoms with Crippen LogP contribution < -0.4 is 0 Å². The van der Waals surface area contributed by atoms with Crippen molar-refractivity contribution in [2.45, 2.75) is 26.4 Å². The molecule has 2 aromatic carbocycles. The average molecular weight is 280 g/mol. The van der Waals surface area contributed by atoms with E-state index in [-0.39, 0.29) is 5.78 Å². The number of carbonyl (C=O) groups excluding carboxylic acids is 1. The standard InChI is InChI=1S/C19H20O2/c1-3-17(20)18(14(2)15-10-6-4-7-11-15)19(21)16-12-8-5-9-13-16/h4-13,19,21H,3H2,1-2H3/b18-14+. The van der Waals surface area contributed by atoms with Crippen LogP contribution in [-0.4, -0.2) is 10.9 Å². The normalized spacial score (nSPS) is 13.5. The number of benzene rings is 2. The zero-order valence-electron chi connectivity index (χ0n) is 12.4. The molecule has 2 heteroatoms. The SMILES string of the molecule is CCC(=O)/C(=C(/C)c1ccccc1)C(O)c1ccccc1. The first-order valence-electron chi connectivity index (χ1n) is 7.17. The van der Waals surface area contributed by atoms with Gasteiger partial charge in [0.2, 0.25) is 0 Å². The Morgan fingerprint density at radius 2 is 1.52 bits per heavy atom. The smallest absolute Gasteiger partial charge is 0.161 e. The number of allylic oxidation sites excluding steroid dienone is 1. The van der Waals surface area contributed by atoms with Crippen molar-refractivity contribution in [3.63, 3.8) is 0 Å². The van der Waals surface area contributed by atoms with Gasteiger partial charge in [0, 0.05) is 12.0 Å². The second-order valence-corrected chi connectivity index (χ2v) is 4.99. The minimum Gasteiger partial charge on any atom is -0.384 e. The highest BCUT2D eigenvalue weighted by atomic mass is 16.3. The molecule has 1 N–H and O–H groups in total. The molecular formula is C19H20O2. The van der Waals surface area contributed by atoms with Crippen LogP contribution in [0.15, 0.2) is 66.2 Å². The van der Waals surface area contributed by atoms with Crippen LogP contribution in [0.5, 0.6) is 0 Å². The van der Waals surface area contributed by atoms with Gasteiger partial charge in [-0.05, 0) is 23.6 Å². The molecule has 0 bridgehead atoms. The maximum atomic E-state index is 12.3. The number of Topliss-reactive ketones (excluding diaryl/α,β-unsaturated/α-hetero) is 1. The summed E-state index contributed by atoms with van der Waals surface area (Å²) in [6, 6.07) is 19.0. The van der Waals surface area contributed by atoms with Crippen molar-refractivity contribution in [1.82, 2.24) is 0 Å². The molecule has 21 heavy (non-hydrogen) atoms. The topological polar surface area (TPSA) is 37.3 Å². The van der Waals surface area contributed by atoms with Crippen molar-refractivity contribution < 1.29 is 9.90 Å². The Morgan fingerprint density at radius 1 is 1.00 bits per heavy atom. The summed E-state index contributed by atoms with van der Waals surface area (Å²) in [6.45, 7) is 3.71. The zero-order chi connectivity index (χ0) is 15.2. The summed E-state index contributed by atoms with van der Waals surface area (Å²) in [4.78, 5) is 12.3. The summed E-state index contributed by atoms with van der Waals surface area (Å²) in [6.07, 6.45) is -0.512. The molecule has 0 spiro atoms. The molecule has 1 unspecified atom stereocenters. The summed E-state index contributed by atoms with van der Waals surface area (Å²) in [5, 5.41) is 10.6. The van der Waals surface area contributed by atoms with Crippen LogP contribution in [-0.2, 0) is 4.79 Å². The van der Waals surface area contributed by atoms with E-state index in [1.54, 1.807) is 0 Å². The molecule has 2 rings (SSSR count). The van der Waals surface area contributed by atoms with Crippen LogP contribution in [0.2, 0.25) is 0 Å².